The van der Waals surface area contributed by atoms with Gasteiger partial charge in [-0.25, -0.2) is 4.79 Å². The third-order valence-electron chi connectivity index (χ3n) is 4.22. The zero-order valence-electron chi connectivity index (χ0n) is 14.8. The number of rotatable bonds is 7. The summed E-state index contributed by atoms with van der Waals surface area (Å²) in [5.74, 6) is 1.73. The maximum absolute atomic E-state index is 12.2. The minimum Gasteiger partial charge on any atom is -0.351 e. The van der Waals surface area contributed by atoms with Crippen LogP contribution in [-0.4, -0.2) is 37.3 Å². The summed E-state index contributed by atoms with van der Waals surface area (Å²) in [6.07, 6.45) is 0. The fraction of sp³-hybridized carbons (Fsp3) is 0.300. The molecule has 0 unspecified atom stereocenters. The van der Waals surface area contributed by atoms with E-state index in [4.69, 9.17) is 0 Å². The van der Waals surface area contributed by atoms with E-state index in [1.165, 1.54) is 11.1 Å². The van der Waals surface area contributed by atoms with E-state index in [9.17, 15) is 9.59 Å². The van der Waals surface area contributed by atoms with Gasteiger partial charge in [0.15, 0.2) is 0 Å². The highest BCUT2D eigenvalue weighted by atomic mass is 32.2. The molecule has 1 saturated heterocycles. The van der Waals surface area contributed by atoms with Crippen molar-refractivity contribution in [3.05, 3.63) is 65.2 Å². The minimum atomic E-state index is -0.0900. The lowest BCUT2D eigenvalue weighted by Crippen LogP contribution is -2.28. The van der Waals surface area contributed by atoms with Crippen LogP contribution in [-0.2, 0) is 5.75 Å². The van der Waals surface area contributed by atoms with Gasteiger partial charge in [0.2, 0.25) is 0 Å². The number of carbonyl (C=O) groups is 2. The van der Waals surface area contributed by atoms with Crippen LogP contribution < -0.4 is 15.5 Å². The first kappa shape index (κ1) is 18.3. The standard InChI is InChI=1S/C20H23N3O2S/c1-15-2-4-16(5-3-15)14-26-13-11-21-19(24)17-6-8-18(9-7-17)23-12-10-22-20(23)25/h2-9H,10-14H2,1H3,(H,21,24)(H,22,25). The van der Waals surface area contributed by atoms with Crippen molar-refractivity contribution in [3.8, 4) is 0 Å². The molecule has 26 heavy (non-hydrogen) atoms. The molecule has 1 heterocycles. The van der Waals surface area contributed by atoms with Crippen molar-refractivity contribution in [3.63, 3.8) is 0 Å². The number of thioether (sulfide) groups is 1. The number of anilines is 1. The molecular weight excluding hydrogens is 346 g/mol. The summed E-state index contributed by atoms with van der Waals surface area (Å²) >= 11 is 1.80. The van der Waals surface area contributed by atoms with Gasteiger partial charge in [-0.2, -0.15) is 11.8 Å². The second kappa shape index (κ2) is 8.76. The van der Waals surface area contributed by atoms with Crippen LogP contribution in [0.15, 0.2) is 48.5 Å². The van der Waals surface area contributed by atoms with Crippen LogP contribution in [0, 0.1) is 6.92 Å². The second-order valence-corrected chi connectivity index (χ2v) is 7.33. The van der Waals surface area contributed by atoms with Gasteiger partial charge in [0, 0.05) is 42.4 Å². The van der Waals surface area contributed by atoms with Gasteiger partial charge in [-0.15, -0.1) is 0 Å². The van der Waals surface area contributed by atoms with Gasteiger partial charge in [0.05, 0.1) is 0 Å². The lowest BCUT2D eigenvalue weighted by Gasteiger charge is -2.14. The molecule has 2 aromatic rings. The normalized spacial score (nSPS) is 13.6. The Morgan fingerprint density at radius 1 is 1.15 bits per heavy atom. The van der Waals surface area contributed by atoms with Gasteiger partial charge in [-0.05, 0) is 36.8 Å². The monoisotopic (exact) mass is 369 g/mol. The molecule has 6 heteroatoms. The number of benzene rings is 2. The zero-order chi connectivity index (χ0) is 18.4. The average molecular weight is 369 g/mol. The molecule has 5 nitrogen and oxygen atoms in total. The Morgan fingerprint density at radius 2 is 1.88 bits per heavy atom. The summed E-state index contributed by atoms with van der Waals surface area (Å²) in [6.45, 7) is 4.02. The predicted molar refractivity (Wildman–Crippen MR) is 107 cm³/mol. The molecule has 1 fully saturated rings. The molecule has 0 saturated carbocycles. The number of nitrogens with zero attached hydrogens (tertiary/aromatic N) is 1. The summed E-state index contributed by atoms with van der Waals surface area (Å²) in [7, 11) is 0. The van der Waals surface area contributed by atoms with E-state index in [1.54, 1.807) is 28.8 Å². The molecule has 1 aliphatic rings. The van der Waals surface area contributed by atoms with Gasteiger partial charge in [-0.1, -0.05) is 29.8 Å². The topological polar surface area (TPSA) is 61.4 Å². The predicted octanol–water partition coefficient (Wildman–Crippen LogP) is 3.19. The molecule has 0 bridgehead atoms. The maximum atomic E-state index is 12.2. The molecule has 0 radical (unpaired) electrons. The summed E-state index contributed by atoms with van der Waals surface area (Å²) in [5, 5.41) is 5.70. The van der Waals surface area contributed by atoms with Crippen LogP contribution in [0.1, 0.15) is 21.5 Å². The lowest BCUT2D eigenvalue weighted by molar-refractivity contribution is 0.0956. The lowest BCUT2D eigenvalue weighted by atomic mass is 10.2. The van der Waals surface area contributed by atoms with E-state index in [1.807, 2.05) is 12.1 Å². The highest BCUT2D eigenvalue weighted by molar-refractivity contribution is 7.98. The van der Waals surface area contributed by atoms with Crippen LogP contribution in [0.4, 0.5) is 10.5 Å². The number of carbonyl (C=O) groups excluding carboxylic acids is 2. The first-order valence-corrected chi connectivity index (χ1v) is 9.86. The summed E-state index contributed by atoms with van der Waals surface area (Å²) in [5.41, 5.74) is 3.98. The van der Waals surface area contributed by atoms with Crippen LogP contribution in [0.3, 0.4) is 0 Å². The zero-order valence-corrected chi connectivity index (χ0v) is 15.6. The smallest absolute Gasteiger partial charge is 0.321 e. The van der Waals surface area contributed by atoms with E-state index in [2.05, 4.69) is 41.8 Å². The Balaban J connectivity index is 1.40. The SMILES string of the molecule is Cc1ccc(CSCCNC(=O)c2ccc(N3CCNC3=O)cc2)cc1. The maximum Gasteiger partial charge on any atom is 0.321 e. The number of hydrogen-bond donors (Lipinski definition) is 2. The third-order valence-corrected chi connectivity index (χ3v) is 5.25. The highest BCUT2D eigenvalue weighted by Crippen LogP contribution is 2.17. The van der Waals surface area contributed by atoms with E-state index < -0.39 is 0 Å². The largest absolute Gasteiger partial charge is 0.351 e. The van der Waals surface area contributed by atoms with Gasteiger partial charge >= 0.3 is 6.03 Å². The second-order valence-electron chi connectivity index (χ2n) is 6.22. The van der Waals surface area contributed by atoms with Crippen molar-refractivity contribution in [2.75, 3.05) is 30.3 Å². The molecule has 2 aromatic carbocycles. The Morgan fingerprint density at radius 3 is 2.54 bits per heavy atom. The summed E-state index contributed by atoms with van der Waals surface area (Å²) in [6, 6.07) is 15.6. The Kier molecular flexibility index (Phi) is 6.17. The van der Waals surface area contributed by atoms with Crippen molar-refractivity contribution in [2.45, 2.75) is 12.7 Å². The molecule has 0 aromatic heterocycles. The molecule has 3 rings (SSSR count). The molecule has 0 spiro atoms. The van der Waals surface area contributed by atoms with Crippen molar-refractivity contribution in [1.82, 2.24) is 10.6 Å². The quantitative estimate of drug-likeness (QED) is 0.737. The highest BCUT2D eigenvalue weighted by Gasteiger charge is 2.21. The molecular formula is C20H23N3O2S. The van der Waals surface area contributed by atoms with Crippen molar-refractivity contribution >= 4 is 29.4 Å². The van der Waals surface area contributed by atoms with Crippen molar-refractivity contribution in [2.24, 2.45) is 0 Å². The third kappa shape index (κ3) is 4.79. The van der Waals surface area contributed by atoms with Crippen LogP contribution in [0.25, 0.3) is 0 Å². The van der Waals surface area contributed by atoms with Crippen molar-refractivity contribution < 1.29 is 9.59 Å². The molecule has 0 atom stereocenters. The molecule has 3 amide bonds. The van der Waals surface area contributed by atoms with Crippen LogP contribution in [0.2, 0.25) is 0 Å². The Labute approximate surface area is 158 Å². The van der Waals surface area contributed by atoms with Crippen LogP contribution >= 0.6 is 11.8 Å². The van der Waals surface area contributed by atoms with E-state index in [0.29, 0.717) is 25.2 Å². The van der Waals surface area contributed by atoms with E-state index in [0.717, 1.165) is 17.2 Å². The summed E-state index contributed by atoms with van der Waals surface area (Å²) in [4.78, 5) is 25.5. The average Bonchev–Trinajstić information content (AvgIpc) is 3.09. The van der Waals surface area contributed by atoms with Crippen molar-refractivity contribution in [1.29, 1.82) is 0 Å². The molecule has 2 N–H and O–H groups in total. The Bertz CT molecular complexity index is 760. The molecule has 1 aliphatic heterocycles. The fourth-order valence-electron chi connectivity index (χ4n) is 2.72. The number of amides is 3. The first-order valence-electron chi connectivity index (χ1n) is 8.70. The fourth-order valence-corrected chi connectivity index (χ4v) is 3.54. The first-order chi connectivity index (χ1) is 12.6. The summed E-state index contributed by atoms with van der Waals surface area (Å²) < 4.78 is 0. The van der Waals surface area contributed by atoms with Gasteiger partial charge in [0.1, 0.15) is 0 Å². The number of aryl methyl sites for hydroxylation is 1. The minimum absolute atomic E-state index is 0.0849. The Hall–Kier alpha value is -2.47. The van der Waals surface area contributed by atoms with Crippen LogP contribution in [0.5, 0.6) is 0 Å². The van der Waals surface area contributed by atoms with Gasteiger partial charge < -0.3 is 10.6 Å². The van der Waals surface area contributed by atoms with Gasteiger partial charge in [-0.3, -0.25) is 9.69 Å². The number of nitrogens with one attached hydrogen (secondary N) is 2. The van der Waals surface area contributed by atoms with E-state index in [-0.39, 0.29) is 11.9 Å². The molecule has 0 aliphatic carbocycles. The van der Waals surface area contributed by atoms with Gasteiger partial charge in [0.25, 0.3) is 5.91 Å². The number of hydrogen-bond acceptors (Lipinski definition) is 3. The van der Waals surface area contributed by atoms with E-state index >= 15 is 0 Å². The molecule has 136 valence electrons. The number of urea groups is 1.